The molecule has 2 unspecified atom stereocenters. The van der Waals surface area contributed by atoms with E-state index in [0.717, 1.165) is 94.0 Å². The van der Waals surface area contributed by atoms with Crippen LogP contribution >= 0.6 is 0 Å². The van der Waals surface area contributed by atoms with Crippen molar-refractivity contribution in [3.8, 4) is 0 Å². The highest BCUT2D eigenvalue weighted by atomic mass is 35.5. The fourth-order valence-electron chi connectivity index (χ4n) is 13.8. The van der Waals surface area contributed by atoms with Gasteiger partial charge in [-0.2, -0.15) is 0 Å². The fraction of sp³-hybridized carbons (Fsp3) is 0.407. The third-order valence-electron chi connectivity index (χ3n) is 16.8. The lowest BCUT2D eigenvalue weighted by Crippen LogP contribution is -3.00. The van der Waals surface area contributed by atoms with Gasteiger partial charge in [-0.1, -0.05) is 98.8 Å². The van der Waals surface area contributed by atoms with Gasteiger partial charge in [0.2, 0.25) is 0 Å². The zero-order valence-corrected chi connectivity index (χ0v) is 37.6. The van der Waals surface area contributed by atoms with Gasteiger partial charge in [-0.15, -0.1) is 0 Å². The van der Waals surface area contributed by atoms with Crippen LogP contribution in [0.1, 0.15) is 86.8 Å². The second-order valence-electron chi connectivity index (χ2n) is 19.4. The summed E-state index contributed by atoms with van der Waals surface area (Å²) in [4.78, 5) is 9.35. The zero-order chi connectivity index (χ0) is 40.6. The van der Waals surface area contributed by atoms with Crippen molar-refractivity contribution in [3.63, 3.8) is 0 Å². The van der Waals surface area contributed by atoms with Gasteiger partial charge in [-0.3, -0.25) is 9.97 Å². The molecule has 62 heavy (non-hydrogen) atoms. The Morgan fingerprint density at radius 3 is 1.24 bits per heavy atom. The molecular formula is C54H60Cl2N4O2. The van der Waals surface area contributed by atoms with Crippen molar-refractivity contribution in [2.45, 2.75) is 89.8 Å². The first-order chi connectivity index (χ1) is 29.4. The second kappa shape index (κ2) is 17.1. The van der Waals surface area contributed by atoms with E-state index in [-0.39, 0.29) is 36.9 Å². The predicted molar refractivity (Wildman–Crippen MR) is 243 cm³/mol. The molecule has 6 nitrogen and oxygen atoms in total. The lowest BCUT2D eigenvalue weighted by Gasteiger charge is -2.59. The Hall–Kier alpha value is -4.14. The van der Waals surface area contributed by atoms with Gasteiger partial charge in [-0.05, 0) is 81.6 Å². The summed E-state index contributed by atoms with van der Waals surface area (Å²) in [6.45, 7) is 11.0. The number of pyridine rings is 2. The molecule has 0 radical (unpaired) electrons. The molecule has 6 aliphatic heterocycles. The molecule has 7 aromatic rings. The maximum Gasteiger partial charge on any atom is 0.131 e. The van der Waals surface area contributed by atoms with E-state index in [0.29, 0.717) is 23.7 Å². The molecule has 2 aromatic heterocycles. The molecule has 8 heterocycles. The molecule has 6 saturated heterocycles. The molecule has 6 fully saturated rings. The van der Waals surface area contributed by atoms with Crippen LogP contribution in [0.3, 0.4) is 0 Å². The maximum absolute atomic E-state index is 12.7. The number of hydrogen-bond acceptors (Lipinski definition) is 4. The van der Waals surface area contributed by atoms with Crippen LogP contribution in [0.25, 0.3) is 43.4 Å². The molecule has 6 aliphatic rings. The van der Waals surface area contributed by atoms with Gasteiger partial charge in [0.15, 0.2) is 0 Å². The Balaban J connectivity index is 0.00000245. The van der Waals surface area contributed by atoms with Crippen LogP contribution in [-0.2, 0) is 13.1 Å². The number of para-hydroxylation sites is 2. The van der Waals surface area contributed by atoms with Crippen LogP contribution in [0.15, 0.2) is 122 Å². The number of halogens is 2. The summed E-state index contributed by atoms with van der Waals surface area (Å²) in [7, 11) is 0. The quantitative estimate of drug-likeness (QED) is 0.153. The maximum atomic E-state index is 12.7. The van der Waals surface area contributed by atoms with Crippen molar-refractivity contribution in [1.82, 2.24) is 9.97 Å². The first-order valence-electron chi connectivity index (χ1n) is 23.1. The topological polar surface area (TPSA) is 66.2 Å². The third kappa shape index (κ3) is 6.92. The number of aromatic nitrogens is 2. The second-order valence-corrected chi connectivity index (χ2v) is 19.4. The van der Waals surface area contributed by atoms with Crippen LogP contribution < -0.4 is 24.8 Å². The van der Waals surface area contributed by atoms with Crippen molar-refractivity contribution >= 4 is 43.4 Å². The normalized spacial score (nSPS) is 28.8. The van der Waals surface area contributed by atoms with Gasteiger partial charge in [0, 0.05) is 71.8 Å². The first kappa shape index (κ1) is 43.1. The van der Waals surface area contributed by atoms with E-state index >= 15 is 0 Å². The van der Waals surface area contributed by atoms with Gasteiger partial charge in [-0.25, -0.2) is 0 Å². The number of hydrogen-bond donors (Lipinski definition) is 2. The molecule has 8 heteroatoms. The van der Waals surface area contributed by atoms with Gasteiger partial charge in [0.25, 0.3) is 0 Å². The predicted octanol–water partition coefficient (Wildman–Crippen LogP) is 4.84. The standard InChI is InChI=1S/C54H60N4O2.2ClH/c1-3-35-31-57(27-23-37(35)29-51(57)53(59)45-21-25-55-49-19-11-9-17-43(45)49)33-47-39-13-5-7-15-41(39)48(42-16-8-6-14-40(42)47)34-58-28-24-38(36(4-2)32-58)30-52(58)54(60)46-22-26-56-50-20-12-10-18-44(46)50;;/h5-22,25-26,35-38,51-54,59-60H,3-4,23-24,27-34H2,1-2H3;2*1H/q+2;;/p-2/t35-,36-,37-,38-,51-,52-,53+,54+,57?,58?;;/m0../s1. The van der Waals surface area contributed by atoms with Crippen LogP contribution in [0.2, 0.25) is 0 Å². The smallest absolute Gasteiger partial charge is 0.131 e. The highest BCUT2D eigenvalue weighted by Crippen LogP contribution is 2.52. The molecule has 0 saturated carbocycles. The lowest BCUT2D eigenvalue weighted by molar-refractivity contribution is -0.985. The minimum atomic E-state index is -0.569. The van der Waals surface area contributed by atoms with Gasteiger partial charge in [0.1, 0.15) is 37.4 Å². The van der Waals surface area contributed by atoms with Gasteiger partial charge in [0.05, 0.1) is 37.2 Å². The Morgan fingerprint density at radius 2 is 0.871 bits per heavy atom. The molecule has 10 atom stereocenters. The highest BCUT2D eigenvalue weighted by Gasteiger charge is 2.56. The van der Waals surface area contributed by atoms with E-state index in [4.69, 9.17) is 0 Å². The van der Waals surface area contributed by atoms with E-state index in [1.807, 2.05) is 24.5 Å². The summed E-state index contributed by atoms with van der Waals surface area (Å²) in [5, 5.41) is 32.9. The average molecular weight is 868 g/mol. The van der Waals surface area contributed by atoms with E-state index < -0.39 is 12.2 Å². The lowest BCUT2D eigenvalue weighted by atomic mass is 9.69. The van der Waals surface area contributed by atoms with Crippen LogP contribution in [0, 0.1) is 23.7 Å². The largest absolute Gasteiger partial charge is 1.00 e. The number of aliphatic hydroxyl groups excluding tert-OH is 2. The number of aliphatic hydroxyl groups is 2. The molecule has 13 rings (SSSR count). The summed E-state index contributed by atoms with van der Waals surface area (Å²) < 4.78 is 1.85. The SMILES string of the molecule is CC[C@H]1C[N+]2(Cc3c4ccccc4c(C[N+]45CC[C@@H](C[C@H]4[C@H](O)c4ccnc6ccccc46)[C@@H](CC)C5)c4ccccc34)CC[C@H]1C[C@H]2[C@H](O)c1ccnc2ccccc12.[Cl-].[Cl-]. The van der Waals surface area contributed by atoms with Crippen molar-refractivity contribution < 1.29 is 44.0 Å². The summed E-state index contributed by atoms with van der Waals surface area (Å²) in [5.41, 5.74) is 6.81. The summed E-state index contributed by atoms with van der Waals surface area (Å²) in [6, 6.07) is 39.6. The number of fused-ring (bicyclic) bond motifs is 10. The molecule has 4 bridgehead atoms. The molecule has 5 aromatic carbocycles. The van der Waals surface area contributed by atoms with E-state index in [2.05, 4.69) is 121 Å². The Bertz CT molecular complexity index is 2490. The fourth-order valence-corrected chi connectivity index (χ4v) is 13.8. The summed E-state index contributed by atoms with van der Waals surface area (Å²) in [6.07, 6.45) is 9.58. The van der Waals surface area contributed by atoms with Crippen molar-refractivity contribution in [2.75, 3.05) is 26.2 Å². The minimum absolute atomic E-state index is 0. The van der Waals surface area contributed by atoms with E-state index in [1.165, 1.54) is 58.4 Å². The number of piperidine rings is 6. The molecule has 0 amide bonds. The van der Waals surface area contributed by atoms with Crippen molar-refractivity contribution in [2.24, 2.45) is 23.7 Å². The number of rotatable bonds is 10. The van der Waals surface area contributed by atoms with Crippen LogP contribution in [-0.4, -0.2) is 67.4 Å². The molecule has 0 aliphatic carbocycles. The average Bonchev–Trinajstić information content (AvgIpc) is 3.31. The third-order valence-corrected chi connectivity index (χ3v) is 16.8. The number of nitrogens with zero attached hydrogens (tertiary/aromatic N) is 4. The number of quaternary nitrogens is 2. The summed E-state index contributed by atoms with van der Waals surface area (Å²) >= 11 is 0. The number of benzene rings is 5. The Morgan fingerprint density at radius 1 is 0.516 bits per heavy atom. The van der Waals surface area contributed by atoms with E-state index in [9.17, 15) is 10.2 Å². The highest BCUT2D eigenvalue weighted by molar-refractivity contribution is 6.05. The first-order valence-corrected chi connectivity index (χ1v) is 23.1. The monoisotopic (exact) mass is 866 g/mol. The Kier molecular flexibility index (Phi) is 11.9. The van der Waals surface area contributed by atoms with Crippen LogP contribution in [0.4, 0.5) is 0 Å². The van der Waals surface area contributed by atoms with Crippen molar-refractivity contribution in [3.05, 3.63) is 144 Å². The molecular weight excluding hydrogens is 808 g/mol. The van der Waals surface area contributed by atoms with Gasteiger partial charge >= 0.3 is 0 Å². The zero-order valence-electron chi connectivity index (χ0n) is 36.1. The summed E-state index contributed by atoms with van der Waals surface area (Å²) in [5.74, 6) is 2.64. The van der Waals surface area contributed by atoms with E-state index in [1.54, 1.807) is 0 Å². The molecule has 2 N–H and O–H groups in total. The van der Waals surface area contributed by atoms with Crippen molar-refractivity contribution in [1.29, 1.82) is 0 Å². The molecule has 322 valence electrons. The molecule has 0 spiro atoms. The minimum Gasteiger partial charge on any atom is -1.00 e. The Labute approximate surface area is 379 Å². The van der Waals surface area contributed by atoms with Crippen LogP contribution in [0.5, 0.6) is 0 Å². The van der Waals surface area contributed by atoms with Gasteiger partial charge < -0.3 is 44.0 Å².